The Morgan fingerprint density at radius 3 is 3.05 bits per heavy atom. The van der Waals surface area contributed by atoms with E-state index in [4.69, 9.17) is 4.74 Å². The van der Waals surface area contributed by atoms with E-state index >= 15 is 0 Å². The molecule has 0 aliphatic carbocycles. The average molecular weight is 302 g/mol. The minimum atomic E-state index is -0.214. The molecule has 3 rings (SSSR count). The van der Waals surface area contributed by atoms with Crippen molar-refractivity contribution in [3.8, 4) is 0 Å². The van der Waals surface area contributed by atoms with Crippen LogP contribution >= 0.6 is 0 Å². The SMILES string of the molecule is CC1CN(C(=O)CCn2nnc3ccccc3c2=O)CCO1. The number of amides is 1. The van der Waals surface area contributed by atoms with E-state index in [-0.39, 0.29) is 30.5 Å². The van der Waals surface area contributed by atoms with Crippen molar-refractivity contribution in [1.29, 1.82) is 0 Å². The summed E-state index contributed by atoms with van der Waals surface area (Å²) in [6.07, 6.45) is 0.292. The van der Waals surface area contributed by atoms with Crippen molar-refractivity contribution in [2.45, 2.75) is 26.0 Å². The van der Waals surface area contributed by atoms with Crippen LogP contribution in [0, 0.1) is 0 Å². The zero-order chi connectivity index (χ0) is 15.5. The Balaban J connectivity index is 1.70. The van der Waals surface area contributed by atoms with Gasteiger partial charge < -0.3 is 9.64 Å². The first kappa shape index (κ1) is 14.6. The molecule has 0 radical (unpaired) electrons. The second kappa shape index (κ2) is 6.23. The number of fused-ring (bicyclic) bond motifs is 1. The third kappa shape index (κ3) is 2.99. The minimum Gasteiger partial charge on any atom is -0.375 e. The van der Waals surface area contributed by atoms with Gasteiger partial charge >= 0.3 is 0 Å². The van der Waals surface area contributed by atoms with E-state index in [9.17, 15) is 9.59 Å². The normalized spacial score (nSPS) is 18.6. The number of aromatic nitrogens is 3. The highest BCUT2D eigenvalue weighted by molar-refractivity contribution is 5.77. The fourth-order valence-electron chi connectivity index (χ4n) is 2.57. The van der Waals surface area contributed by atoms with E-state index in [2.05, 4.69) is 10.3 Å². The van der Waals surface area contributed by atoms with Crippen molar-refractivity contribution in [2.24, 2.45) is 0 Å². The molecule has 1 aromatic heterocycles. The monoisotopic (exact) mass is 302 g/mol. The summed E-state index contributed by atoms with van der Waals surface area (Å²) in [5, 5.41) is 8.43. The number of morpholine rings is 1. The minimum absolute atomic E-state index is 0.0111. The maximum Gasteiger partial charge on any atom is 0.277 e. The van der Waals surface area contributed by atoms with Gasteiger partial charge in [-0.1, -0.05) is 17.3 Å². The van der Waals surface area contributed by atoms with E-state index < -0.39 is 0 Å². The molecule has 1 unspecified atom stereocenters. The van der Waals surface area contributed by atoms with Gasteiger partial charge in [0.2, 0.25) is 5.91 Å². The summed E-state index contributed by atoms with van der Waals surface area (Å²) in [7, 11) is 0. The lowest BCUT2D eigenvalue weighted by atomic mass is 10.2. The average Bonchev–Trinajstić information content (AvgIpc) is 2.54. The molecule has 0 N–H and O–H groups in total. The molecule has 0 bridgehead atoms. The summed E-state index contributed by atoms with van der Waals surface area (Å²) < 4.78 is 6.67. The summed E-state index contributed by atoms with van der Waals surface area (Å²) >= 11 is 0. The lowest BCUT2D eigenvalue weighted by Crippen LogP contribution is -2.45. The molecule has 1 aromatic carbocycles. The zero-order valence-electron chi connectivity index (χ0n) is 12.4. The first-order chi connectivity index (χ1) is 10.6. The molecule has 0 spiro atoms. The molecule has 7 nitrogen and oxygen atoms in total. The summed E-state index contributed by atoms with van der Waals surface area (Å²) in [6.45, 7) is 3.93. The van der Waals surface area contributed by atoms with Crippen molar-refractivity contribution < 1.29 is 9.53 Å². The fraction of sp³-hybridized carbons (Fsp3) is 0.467. The Labute approximate surface area is 127 Å². The summed E-state index contributed by atoms with van der Waals surface area (Å²) in [4.78, 5) is 26.3. The molecule has 1 fully saturated rings. The topological polar surface area (TPSA) is 77.3 Å². The van der Waals surface area contributed by atoms with Crippen LogP contribution in [0.15, 0.2) is 29.1 Å². The molecule has 1 aliphatic rings. The van der Waals surface area contributed by atoms with Crippen LogP contribution in [0.2, 0.25) is 0 Å². The Hall–Kier alpha value is -2.28. The third-order valence-corrected chi connectivity index (χ3v) is 3.76. The number of nitrogens with zero attached hydrogens (tertiary/aromatic N) is 4. The second-order valence-corrected chi connectivity index (χ2v) is 5.41. The maximum atomic E-state index is 12.3. The van der Waals surface area contributed by atoms with E-state index in [1.807, 2.05) is 13.0 Å². The first-order valence-electron chi connectivity index (χ1n) is 7.37. The number of aryl methyl sites for hydroxylation is 1. The molecular weight excluding hydrogens is 284 g/mol. The van der Waals surface area contributed by atoms with Gasteiger partial charge in [0.15, 0.2) is 0 Å². The molecule has 1 amide bonds. The molecule has 1 saturated heterocycles. The number of benzene rings is 1. The molecule has 7 heteroatoms. The Kier molecular flexibility index (Phi) is 4.15. The third-order valence-electron chi connectivity index (χ3n) is 3.76. The number of carbonyl (C=O) groups excluding carboxylic acids is 1. The molecule has 1 aliphatic heterocycles. The van der Waals surface area contributed by atoms with Gasteiger partial charge in [0.05, 0.1) is 24.6 Å². The van der Waals surface area contributed by atoms with Crippen LogP contribution < -0.4 is 5.56 Å². The van der Waals surface area contributed by atoms with E-state index in [0.717, 1.165) is 0 Å². The zero-order valence-corrected chi connectivity index (χ0v) is 12.4. The molecule has 116 valence electrons. The Morgan fingerprint density at radius 2 is 2.23 bits per heavy atom. The van der Waals surface area contributed by atoms with Crippen LogP contribution in [0.4, 0.5) is 0 Å². The Morgan fingerprint density at radius 1 is 1.41 bits per heavy atom. The van der Waals surface area contributed by atoms with Gasteiger partial charge in [-0.3, -0.25) is 9.59 Å². The van der Waals surface area contributed by atoms with Crippen molar-refractivity contribution >= 4 is 16.8 Å². The van der Waals surface area contributed by atoms with Gasteiger partial charge in [-0.05, 0) is 19.1 Å². The molecule has 2 aromatic rings. The van der Waals surface area contributed by atoms with Crippen LogP contribution in [0.25, 0.3) is 10.9 Å². The largest absolute Gasteiger partial charge is 0.375 e. The maximum absolute atomic E-state index is 12.3. The van der Waals surface area contributed by atoms with Crippen molar-refractivity contribution in [3.63, 3.8) is 0 Å². The van der Waals surface area contributed by atoms with Gasteiger partial charge in [-0.15, -0.1) is 5.10 Å². The highest BCUT2D eigenvalue weighted by atomic mass is 16.5. The van der Waals surface area contributed by atoms with Crippen LogP contribution in [0.1, 0.15) is 13.3 Å². The number of ether oxygens (including phenoxy) is 1. The highest BCUT2D eigenvalue weighted by Crippen LogP contribution is 2.07. The van der Waals surface area contributed by atoms with Crippen LogP contribution in [0.5, 0.6) is 0 Å². The fourth-order valence-corrected chi connectivity index (χ4v) is 2.57. The standard InChI is InChI=1S/C15H18N4O3/c1-11-10-18(8-9-22-11)14(20)6-7-19-15(21)12-4-2-3-5-13(12)16-17-19/h2-5,11H,6-10H2,1H3. The van der Waals surface area contributed by atoms with Crippen LogP contribution in [0.3, 0.4) is 0 Å². The number of carbonyl (C=O) groups is 1. The van der Waals surface area contributed by atoms with Crippen LogP contribution in [-0.2, 0) is 16.1 Å². The summed E-state index contributed by atoms with van der Waals surface area (Å²) in [6, 6.07) is 7.06. The van der Waals surface area contributed by atoms with E-state index in [1.54, 1.807) is 23.1 Å². The quantitative estimate of drug-likeness (QED) is 0.821. The molecular formula is C15H18N4O3. The first-order valence-corrected chi connectivity index (χ1v) is 7.37. The summed E-state index contributed by atoms with van der Waals surface area (Å²) in [5.41, 5.74) is 0.353. The smallest absolute Gasteiger partial charge is 0.277 e. The van der Waals surface area contributed by atoms with Crippen LogP contribution in [-0.4, -0.2) is 51.6 Å². The highest BCUT2D eigenvalue weighted by Gasteiger charge is 2.21. The van der Waals surface area contributed by atoms with E-state index in [0.29, 0.717) is 30.6 Å². The number of hydrogen-bond acceptors (Lipinski definition) is 5. The molecule has 2 heterocycles. The molecule has 0 saturated carbocycles. The van der Waals surface area contributed by atoms with Gasteiger partial charge in [0.1, 0.15) is 5.52 Å². The van der Waals surface area contributed by atoms with Crippen molar-refractivity contribution in [1.82, 2.24) is 19.9 Å². The lowest BCUT2D eigenvalue weighted by Gasteiger charge is -2.31. The van der Waals surface area contributed by atoms with Gasteiger partial charge in [0, 0.05) is 19.5 Å². The van der Waals surface area contributed by atoms with Crippen molar-refractivity contribution in [2.75, 3.05) is 19.7 Å². The lowest BCUT2D eigenvalue weighted by molar-refractivity contribution is -0.138. The second-order valence-electron chi connectivity index (χ2n) is 5.41. The molecule has 1 atom stereocenters. The number of hydrogen-bond donors (Lipinski definition) is 0. The summed E-state index contributed by atoms with van der Waals surface area (Å²) in [5.74, 6) is 0.0111. The van der Waals surface area contributed by atoms with E-state index in [1.165, 1.54) is 4.68 Å². The Bertz CT molecular complexity index is 743. The van der Waals surface area contributed by atoms with Gasteiger partial charge in [-0.25, -0.2) is 4.68 Å². The predicted octanol–water partition coefficient (Wildman–Crippen LogP) is 0.429. The van der Waals surface area contributed by atoms with Gasteiger partial charge in [-0.2, -0.15) is 0 Å². The predicted molar refractivity (Wildman–Crippen MR) is 80.4 cm³/mol. The molecule has 22 heavy (non-hydrogen) atoms. The number of rotatable bonds is 3. The van der Waals surface area contributed by atoms with Gasteiger partial charge in [0.25, 0.3) is 5.56 Å². The van der Waals surface area contributed by atoms with Crippen molar-refractivity contribution in [3.05, 3.63) is 34.6 Å².